The Balaban J connectivity index is 2.10. The van der Waals surface area contributed by atoms with Crippen LogP contribution in [0.15, 0.2) is 46.9 Å². The number of benzene rings is 1. The number of carbonyl (C=O) groups excluding carboxylic acids is 1. The molecule has 1 aromatic heterocycles. The summed E-state index contributed by atoms with van der Waals surface area (Å²) in [5, 5.41) is 0. The van der Waals surface area contributed by atoms with E-state index < -0.39 is 11.7 Å². The van der Waals surface area contributed by atoms with Crippen molar-refractivity contribution in [2.75, 3.05) is 0 Å². The van der Waals surface area contributed by atoms with E-state index in [2.05, 4.69) is 0 Å². The minimum Gasteiger partial charge on any atom is -0.458 e. The maximum absolute atomic E-state index is 12.4. The van der Waals surface area contributed by atoms with Gasteiger partial charge in [-0.3, -0.25) is 4.79 Å². The van der Waals surface area contributed by atoms with E-state index in [1.165, 1.54) is 24.3 Å². The zero-order valence-electron chi connectivity index (χ0n) is 10.6. The minimum absolute atomic E-state index is 0.200. The van der Waals surface area contributed by atoms with Gasteiger partial charge in [-0.1, -0.05) is 18.2 Å². The van der Waals surface area contributed by atoms with E-state index in [9.17, 15) is 18.0 Å². The third kappa shape index (κ3) is 3.38. The van der Waals surface area contributed by atoms with Gasteiger partial charge in [0.2, 0.25) is 5.78 Å². The molecule has 1 heterocycles. The van der Waals surface area contributed by atoms with Crippen molar-refractivity contribution < 1.29 is 22.4 Å². The molecule has 0 amide bonds. The highest BCUT2D eigenvalue weighted by atomic mass is 19.4. The van der Waals surface area contributed by atoms with Crippen LogP contribution in [0.2, 0.25) is 0 Å². The lowest BCUT2D eigenvalue weighted by molar-refractivity contribution is -0.137. The summed E-state index contributed by atoms with van der Waals surface area (Å²) in [6.07, 6.45) is -1.65. The number of rotatable bonds is 3. The number of furan rings is 1. The Kier molecular flexibility index (Phi) is 3.79. The van der Waals surface area contributed by atoms with Crippen molar-refractivity contribution in [1.82, 2.24) is 0 Å². The fraction of sp³-hybridized carbons (Fsp3) is 0.133. The molecule has 0 unspecified atom stereocenters. The van der Waals surface area contributed by atoms with Gasteiger partial charge >= 0.3 is 6.18 Å². The van der Waals surface area contributed by atoms with E-state index >= 15 is 0 Å². The van der Waals surface area contributed by atoms with Gasteiger partial charge < -0.3 is 4.42 Å². The molecule has 0 radical (unpaired) electrons. The number of ketones is 1. The van der Waals surface area contributed by atoms with Gasteiger partial charge in [-0.15, -0.1) is 0 Å². The van der Waals surface area contributed by atoms with Crippen molar-refractivity contribution in [3.05, 3.63) is 65.1 Å². The molecule has 0 fully saturated rings. The molecule has 1 aromatic carbocycles. The van der Waals surface area contributed by atoms with Crippen LogP contribution >= 0.6 is 0 Å². The number of alkyl halides is 3. The molecule has 0 aliphatic carbocycles. The fourth-order valence-electron chi connectivity index (χ4n) is 1.60. The molecule has 0 bridgehead atoms. The Hall–Kier alpha value is -2.30. The lowest BCUT2D eigenvalue weighted by atomic mass is 10.1. The van der Waals surface area contributed by atoms with Crippen LogP contribution < -0.4 is 0 Å². The zero-order chi connectivity index (χ0) is 14.8. The molecule has 0 saturated carbocycles. The summed E-state index contributed by atoms with van der Waals surface area (Å²) in [4.78, 5) is 11.7. The fourth-order valence-corrected chi connectivity index (χ4v) is 1.60. The van der Waals surface area contributed by atoms with Gasteiger partial charge in [0.25, 0.3) is 0 Å². The van der Waals surface area contributed by atoms with Crippen LogP contribution in [0.3, 0.4) is 0 Å². The topological polar surface area (TPSA) is 30.2 Å². The second kappa shape index (κ2) is 5.36. The van der Waals surface area contributed by atoms with Crippen LogP contribution in [0.4, 0.5) is 13.2 Å². The number of allylic oxidation sites excluding steroid dienone is 1. The van der Waals surface area contributed by atoms with Crippen LogP contribution in [0.25, 0.3) is 6.08 Å². The molecule has 0 N–H and O–H groups in total. The molecule has 0 aliphatic rings. The first-order valence-corrected chi connectivity index (χ1v) is 5.82. The number of hydrogen-bond donors (Lipinski definition) is 0. The van der Waals surface area contributed by atoms with Crippen molar-refractivity contribution in [1.29, 1.82) is 0 Å². The molecule has 2 nitrogen and oxygen atoms in total. The van der Waals surface area contributed by atoms with Crippen molar-refractivity contribution in [2.24, 2.45) is 0 Å². The average molecular weight is 280 g/mol. The first-order valence-electron chi connectivity index (χ1n) is 5.82. The van der Waals surface area contributed by atoms with Gasteiger partial charge in [0, 0.05) is 0 Å². The van der Waals surface area contributed by atoms with Crippen LogP contribution in [0.1, 0.15) is 27.4 Å². The Morgan fingerprint density at radius 2 is 1.75 bits per heavy atom. The molecule has 0 spiro atoms. The first kappa shape index (κ1) is 14.1. The predicted molar refractivity (Wildman–Crippen MR) is 68.3 cm³/mol. The Bertz CT molecular complexity index is 634. The average Bonchev–Trinajstić information content (AvgIpc) is 2.82. The maximum atomic E-state index is 12.4. The van der Waals surface area contributed by atoms with Crippen LogP contribution in [0.5, 0.6) is 0 Å². The van der Waals surface area contributed by atoms with Crippen molar-refractivity contribution in [3.8, 4) is 0 Å². The SMILES string of the molecule is Cc1ccc(C(=O)/C=C/c2ccc(C(F)(F)F)cc2)o1. The second-order valence-electron chi connectivity index (χ2n) is 4.23. The Labute approximate surface area is 113 Å². The molecular weight excluding hydrogens is 269 g/mol. The lowest BCUT2D eigenvalue weighted by Crippen LogP contribution is -2.04. The van der Waals surface area contributed by atoms with E-state index in [4.69, 9.17) is 4.42 Å². The number of aryl methyl sites for hydroxylation is 1. The Morgan fingerprint density at radius 3 is 2.25 bits per heavy atom. The number of halogens is 3. The molecule has 0 aliphatic heterocycles. The molecule has 0 saturated heterocycles. The van der Waals surface area contributed by atoms with Gasteiger partial charge in [-0.2, -0.15) is 13.2 Å². The van der Waals surface area contributed by atoms with E-state index in [0.29, 0.717) is 11.3 Å². The summed E-state index contributed by atoms with van der Waals surface area (Å²) >= 11 is 0. The van der Waals surface area contributed by atoms with E-state index in [0.717, 1.165) is 12.1 Å². The minimum atomic E-state index is -4.36. The highest BCUT2D eigenvalue weighted by molar-refractivity contribution is 6.04. The molecule has 2 rings (SSSR count). The standard InChI is InChI=1S/C15H11F3O2/c1-10-2-9-14(20-10)13(19)8-5-11-3-6-12(7-4-11)15(16,17)18/h2-9H,1H3/b8-5+. The summed E-state index contributed by atoms with van der Waals surface area (Å²) in [5.74, 6) is 0.486. The summed E-state index contributed by atoms with van der Waals surface area (Å²) < 4.78 is 42.3. The first-order chi connectivity index (χ1) is 9.36. The third-order valence-electron chi connectivity index (χ3n) is 2.65. The quantitative estimate of drug-likeness (QED) is 0.612. The monoisotopic (exact) mass is 280 g/mol. The zero-order valence-corrected chi connectivity index (χ0v) is 10.6. The summed E-state index contributed by atoms with van der Waals surface area (Å²) in [6, 6.07) is 7.77. The maximum Gasteiger partial charge on any atom is 0.416 e. The van der Waals surface area contributed by atoms with Crippen molar-refractivity contribution >= 4 is 11.9 Å². The van der Waals surface area contributed by atoms with Crippen molar-refractivity contribution in [2.45, 2.75) is 13.1 Å². The summed E-state index contributed by atoms with van der Waals surface area (Å²) in [7, 11) is 0. The van der Waals surface area contributed by atoms with Gasteiger partial charge in [0.15, 0.2) is 5.76 Å². The van der Waals surface area contributed by atoms with E-state index in [1.54, 1.807) is 19.1 Å². The largest absolute Gasteiger partial charge is 0.458 e. The second-order valence-corrected chi connectivity index (χ2v) is 4.23. The van der Waals surface area contributed by atoms with Gasteiger partial charge in [-0.05, 0) is 42.8 Å². The van der Waals surface area contributed by atoms with E-state index in [-0.39, 0.29) is 11.5 Å². The van der Waals surface area contributed by atoms with E-state index in [1.807, 2.05) is 0 Å². The highest BCUT2D eigenvalue weighted by Crippen LogP contribution is 2.29. The highest BCUT2D eigenvalue weighted by Gasteiger charge is 2.29. The molecule has 104 valence electrons. The van der Waals surface area contributed by atoms with Gasteiger partial charge in [0.1, 0.15) is 5.76 Å². The van der Waals surface area contributed by atoms with Crippen molar-refractivity contribution in [3.63, 3.8) is 0 Å². The third-order valence-corrected chi connectivity index (χ3v) is 2.65. The predicted octanol–water partition coefficient (Wildman–Crippen LogP) is 4.50. The van der Waals surface area contributed by atoms with Crippen LogP contribution in [-0.2, 0) is 6.18 Å². The summed E-state index contributed by atoms with van der Waals surface area (Å²) in [5.41, 5.74) is -0.211. The number of hydrogen-bond acceptors (Lipinski definition) is 2. The molecule has 2 aromatic rings. The van der Waals surface area contributed by atoms with Crippen LogP contribution in [-0.4, -0.2) is 5.78 Å². The normalized spacial score (nSPS) is 12.0. The number of carbonyl (C=O) groups is 1. The molecule has 0 atom stereocenters. The molecular formula is C15H11F3O2. The smallest absolute Gasteiger partial charge is 0.416 e. The van der Waals surface area contributed by atoms with Gasteiger partial charge in [-0.25, -0.2) is 0 Å². The Morgan fingerprint density at radius 1 is 1.10 bits per heavy atom. The summed E-state index contributed by atoms with van der Waals surface area (Å²) in [6.45, 7) is 1.72. The molecule has 20 heavy (non-hydrogen) atoms. The van der Waals surface area contributed by atoms with Gasteiger partial charge in [0.05, 0.1) is 5.56 Å². The van der Waals surface area contributed by atoms with Crippen LogP contribution in [0, 0.1) is 6.92 Å². The lowest BCUT2D eigenvalue weighted by Gasteiger charge is -2.05. The molecule has 5 heteroatoms.